The summed E-state index contributed by atoms with van der Waals surface area (Å²) >= 11 is 0. The van der Waals surface area contributed by atoms with Crippen molar-refractivity contribution in [3.63, 3.8) is 0 Å². The topological polar surface area (TPSA) is 93.4 Å². The number of benzene rings is 2. The second-order valence-corrected chi connectivity index (χ2v) is 8.67. The van der Waals surface area contributed by atoms with Gasteiger partial charge in [0.15, 0.2) is 5.69 Å². The molecule has 0 aliphatic heterocycles. The Morgan fingerprint density at radius 2 is 1.59 bits per heavy atom. The lowest BCUT2D eigenvalue weighted by Crippen LogP contribution is -2.37. The van der Waals surface area contributed by atoms with E-state index >= 15 is 0 Å². The number of carbonyl (C=O) groups is 2. The van der Waals surface area contributed by atoms with E-state index in [1.54, 1.807) is 27.7 Å². The number of alkyl carbamates (subject to hydrolysis) is 1. The number of imidazole rings is 1. The van der Waals surface area contributed by atoms with E-state index in [2.05, 4.69) is 10.3 Å². The Labute approximate surface area is 188 Å². The molecule has 0 spiro atoms. The summed E-state index contributed by atoms with van der Waals surface area (Å²) < 4.78 is 7.32. The van der Waals surface area contributed by atoms with Crippen molar-refractivity contribution in [3.8, 4) is 0 Å². The average molecular weight is 436 g/mol. The minimum absolute atomic E-state index is 0.0278. The Kier molecular flexibility index (Phi) is 6.98. The quantitative estimate of drug-likeness (QED) is 0.559. The van der Waals surface area contributed by atoms with Gasteiger partial charge in [0.1, 0.15) is 11.4 Å². The molecule has 168 valence electrons. The maximum absolute atomic E-state index is 12.6. The molecule has 0 radical (unpaired) electrons. The van der Waals surface area contributed by atoms with Crippen molar-refractivity contribution in [1.82, 2.24) is 14.9 Å². The van der Waals surface area contributed by atoms with Gasteiger partial charge in [0, 0.05) is 18.7 Å². The molecule has 0 saturated heterocycles. The Morgan fingerprint density at radius 1 is 1.03 bits per heavy atom. The third kappa shape index (κ3) is 5.97. The van der Waals surface area contributed by atoms with Gasteiger partial charge < -0.3 is 19.7 Å². The van der Waals surface area contributed by atoms with E-state index in [0.29, 0.717) is 24.5 Å². The monoisotopic (exact) mass is 435 g/mol. The highest BCUT2D eigenvalue weighted by Crippen LogP contribution is 2.24. The molecule has 32 heavy (non-hydrogen) atoms. The summed E-state index contributed by atoms with van der Waals surface area (Å²) in [7, 11) is 0. The molecule has 1 aromatic heterocycles. The predicted octanol–water partition coefficient (Wildman–Crippen LogP) is 4.75. The summed E-state index contributed by atoms with van der Waals surface area (Å²) in [6.45, 7) is 7.55. The van der Waals surface area contributed by atoms with Crippen molar-refractivity contribution in [2.45, 2.75) is 52.3 Å². The summed E-state index contributed by atoms with van der Waals surface area (Å²) in [5.41, 5.74) is 1.82. The van der Waals surface area contributed by atoms with Gasteiger partial charge in [-0.15, -0.1) is 0 Å². The number of amides is 1. The highest BCUT2D eigenvalue weighted by molar-refractivity contribution is 5.86. The van der Waals surface area contributed by atoms with Crippen molar-refractivity contribution in [2.75, 3.05) is 0 Å². The molecule has 2 N–H and O–H groups in total. The first-order chi connectivity index (χ1) is 15.1. The second-order valence-electron chi connectivity index (χ2n) is 8.67. The fourth-order valence-electron chi connectivity index (χ4n) is 3.50. The van der Waals surface area contributed by atoms with Crippen LogP contribution in [0.2, 0.25) is 0 Å². The Balaban J connectivity index is 2.04. The SMILES string of the molecule is Cc1c(C(=O)O)nc([C@H](Cc2ccccc2)NC(=O)OC(C)(C)C)n1Cc1ccccc1. The number of hydrogen-bond acceptors (Lipinski definition) is 4. The minimum Gasteiger partial charge on any atom is -0.476 e. The number of hydrogen-bond donors (Lipinski definition) is 2. The standard InChI is InChI=1S/C25H29N3O4/c1-17-21(23(29)30)27-22(28(17)16-19-13-9-6-10-14-19)20(15-18-11-7-5-8-12-18)26-24(31)32-25(2,3)4/h5-14,20H,15-16H2,1-4H3,(H,26,31)(H,29,30)/t20-/m0/s1. The minimum atomic E-state index is -1.11. The zero-order valence-corrected chi connectivity index (χ0v) is 18.8. The highest BCUT2D eigenvalue weighted by atomic mass is 16.6. The normalized spacial score (nSPS) is 12.2. The van der Waals surface area contributed by atoms with Gasteiger partial charge in [0.05, 0.1) is 6.04 Å². The van der Waals surface area contributed by atoms with Crippen LogP contribution in [-0.4, -0.2) is 32.3 Å². The molecule has 0 fully saturated rings. The Bertz CT molecular complexity index is 1070. The van der Waals surface area contributed by atoms with Gasteiger partial charge in [0.25, 0.3) is 0 Å². The van der Waals surface area contributed by atoms with Gasteiger partial charge >= 0.3 is 12.1 Å². The number of aromatic nitrogens is 2. The number of carboxylic acid groups (broad SMARTS) is 1. The van der Waals surface area contributed by atoms with Crippen molar-refractivity contribution < 1.29 is 19.4 Å². The van der Waals surface area contributed by atoms with Crippen LogP contribution in [0.3, 0.4) is 0 Å². The number of aromatic carboxylic acids is 1. The number of carboxylic acids is 1. The van der Waals surface area contributed by atoms with Crippen LogP contribution >= 0.6 is 0 Å². The molecular weight excluding hydrogens is 406 g/mol. The molecule has 0 aliphatic carbocycles. The average Bonchev–Trinajstić information content (AvgIpc) is 3.04. The fraction of sp³-hybridized carbons (Fsp3) is 0.320. The number of rotatable bonds is 7. The van der Waals surface area contributed by atoms with E-state index in [0.717, 1.165) is 11.1 Å². The lowest BCUT2D eigenvalue weighted by molar-refractivity contribution is 0.0500. The molecule has 3 rings (SSSR count). The van der Waals surface area contributed by atoms with Crippen LogP contribution in [-0.2, 0) is 17.7 Å². The molecule has 1 amide bonds. The molecule has 1 heterocycles. The summed E-state index contributed by atoms with van der Waals surface area (Å²) in [5, 5.41) is 12.6. The van der Waals surface area contributed by atoms with Crippen molar-refractivity contribution >= 4 is 12.1 Å². The molecular formula is C25H29N3O4. The van der Waals surface area contributed by atoms with E-state index in [4.69, 9.17) is 4.74 Å². The highest BCUT2D eigenvalue weighted by Gasteiger charge is 2.28. The second kappa shape index (κ2) is 9.68. The number of carbonyl (C=O) groups excluding carboxylic acids is 1. The van der Waals surface area contributed by atoms with Gasteiger partial charge in [-0.3, -0.25) is 0 Å². The van der Waals surface area contributed by atoms with Gasteiger partial charge in [-0.05, 0) is 38.8 Å². The van der Waals surface area contributed by atoms with Gasteiger partial charge in [-0.1, -0.05) is 60.7 Å². The maximum Gasteiger partial charge on any atom is 0.408 e. The lowest BCUT2D eigenvalue weighted by atomic mass is 10.1. The van der Waals surface area contributed by atoms with Crippen molar-refractivity contribution in [1.29, 1.82) is 0 Å². The van der Waals surface area contributed by atoms with Crippen molar-refractivity contribution in [2.24, 2.45) is 0 Å². The van der Waals surface area contributed by atoms with Gasteiger partial charge in [0.2, 0.25) is 0 Å². The molecule has 2 aromatic carbocycles. The van der Waals surface area contributed by atoms with Crippen LogP contribution in [0.1, 0.15) is 59.9 Å². The zero-order chi connectivity index (χ0) is 23.3. The molecule has 0 aliphatic rings. The van der Waals surface area contributed by atoms with E-state index in [-0.39, 0.29) is 5.69 Å². The van der Waals surface area contributed by atoms with Crippen LogP contribution in [0.4, 0.5) is 4.79 Å². The molecule has 0 saturated carbocycles. The Hall–Kier alpha value is -3.61. The smallest absolute Gasteiger partial charge is 0.408 e. The van der Waals surface area contributed by atoms with E-state index < -0.39 is 23.7 Å². The van der Waals surface area contributed by atoms with Crippen LogP contribution in [0.15, 0.2) is 60.7 Å². The van der Waals surface area contributed by atoms with Crippen LogP contribution < -0.4 is 5.32 Å². The summed E-state index contributed by atoms with van der Waals surface area (Å²) in [6.07, 6.45) is -0.146. The first-order valence-electron chi connectivity index (χ1n) is 10.5. The molecule has 7 heteroatoms. The van der Waals surface area contributed by atoms with Crippen LogP contribution in [0.25, 0.3) is 0 Å². The number of nitrogens with zero attached hydrogens (tertiary/aromatic N) is 2. The number of nitrogens with one attached hydrogen (secondary N) is 1. The molecule has 1 atom stereocenters. The molecule has 7 nitrogen and oxygen atoms in total. The van der Waals surface area contributed by atoms with Gasteiger partial charge in [-0.25, -0.2) is 14.6 Å². The largest absolute Gasteiger partial charge is 0.476 e. The number of ether oxygens (including phenoxy) is 1. The van der Waals surface area contributed by atoms with Crippen LogP contribution in [0, 0.1) is 6.92 Å². The zero-order valence-electron chi connectivity index (χ0n) is 18.8. The Morgan fingerprint density at radius 3 is 2.12 bits per heavy atom. The first-order valence-corrected chi connectivity index (χ1v) is 10.5. The van der Waals surface area contributed by atoms with E-state index in [1.165, 1.54) is 0 Å². The summed E-state index contributed by atoms with van der Waals surface area (Å²) in [4.78, 5) is 28.9. The van der Waals surface area contributed by atoms with Crippen molar-refractivity contribution in [3.05, 3.63) is 89.0 Å². The summed E-state index contributed by atoms with van der Waals surface area (Å²) in [6, 6.07) is 18.8. The third-order valence-electron chi connectivity index (χ3n) is 4.92. The summed E-state index contributed by atoms with van der Waals surface area (Å²) in [5.74, 6) is -0.634. The fourth-order valence-corrected chi connectivity index (χ4v) is 3.50. The van der Waals surface area contributed by atoms with Crippen LogP contribution in [0.5, 0.6) is 0 Å². The molecule has 3 aromatic rings. The molecule has 0 bridgehead atoms. The molecule has 0 unspecified atom stereocenters. The van der Waals surface area contributed by atoms with E-state index in [9.17, 15) is 14.7 Å². The maximum atomic E-state index is 12.6. The van der Waals surface area contributed by atoms with E-state index in [1.807, 2.05) is 65.2 Å². The predicted molar refractivity (Wildman–Crippen MR) is 122 cm³/mol. The first kappa shape index (κ1) is 23.1. The third-order valence-corrected chi connectivity index (χ3v) is 4.92. The lowest BCUT2D eigenvalue weighted by Gasteiger charge is -2.24. The van der Waals surface area contributed by atoms with Gasteiger partial charge in [-0.2, -0.15) is 0 Å².